The van der Waals surface area contributed by atoms with E-state index in [1.807, 2.05) is 13.8 Å². The number of carbonyl (C=O) groups is 1. The fourth-order valence-electron chi connectivity index (χ4n) is 1.47. The Bertz CT molecular complexity index is 522. The average Bonchev–Trinajstić information content (AvgIpc) is 2.36. The van der Waals surface area contributed by atoms with E-state index in [0.29, 0.717) is 11.3 Å². The van der Waals surface area contributed by atoms with Crippen molar-refractivity contribution in [2.45, 2.75) is 33.1 Å². The highest BCUT2D eigenvalue weighted by Crippen LogP contribution is 2.22. The fourth-order valence-corrected chi connectivity index (χ4v) is 1.47. The fraction of sp³-hybridized carbons (Fsp3) is 0.429. The Kier molecular flexibility index (Phi) is 5.19. The second-order valence-electron chi connectivity index (χ2n) is 4.73. The van der Waals surface area contributed by atoms with Gasteiger partial charge in [0.25, 0.3) is 5.92 Å². The number of anilines is 1. The number of hydrogen-bond donors (Lipinski definition) is 2. The highest BCUT2D eigenvalue weighted by Gasteiger charge is 2.21. The van der Waals surface area contributed by atoms with Gasteiger partial charge in [-0.05, 0) is 19.4 Å². The molecule has 2 N–H and O–H groups in total. The Balaban J connectivity index is 3.13. The molecule has 1 rings (SSSR count). The van der Waals surface area contributed by atoms with E-state index >= 15 is 0 Å². The summed E-state index contributed by atoms with van der Waals surface area (Å²) in [5.74, 6) is -4.08. The van der Waals surface area contributed by atoms with Gasteiger partial charge in [-0.1, -0.05) is 18.6 Å². The van der Waals surface area contributed by atoms with Gasteiger partial charge in [0.1, 0.15) is 5.69 Å². The number of nitrogens with one attached hydrogen (secondary N) is 1. The molecule has 0 saturated carbocycles. The Labute approximate surface area is 116 Å². The number of nitrogens with zero attached hydrogens (tertiary/aromatic N) is 1. The van der Waals surface area contributed by atoms with Crippen molar-refractivity contribution in [1.82, 2.24) is 4.98 Å². The molecule has 1 aromatic heterocycles. The van der Waals surface area contributed by atoms with E-state index in [1.54, 1.807) is 6.08 Å². The summed E-state index contributed by atoms with van der Waals surface area (Å²) in [6.07, 6.45) is 3.98. The van der Waals surface area contributed by atoms with Crippen LogP contribution in [0, 0.1) is 0 Å². The van der Waals surface area contributed by atoms with Crippen LogP contribution in [-0.4, -0.2) is 28.5 Å². The lowest BCUT2D eigenvalue weighted by atomic mass is 10.1. The number of alkyl halides is 2. The maximum Gasteiger partial charge on any atom is 0.354 e. The van der Waals surface area contributed by atoms with Crippen molar-refractivity contribution in [2.75, 3.05) is 11.9 Å². The highest BCUT2D eigenvalue weighted by atomic mass is 19.3. The number of halogens is 2. The van der Waals surface area contributed by atoms with Gasteiger partial charge in [0.2, 0.25) is 0 Å². The summed E-state index contributed by atoms with van der Waals surface area (Å²) in [6.45, 7) is 4.11. The van der Waals surface area contributed by atoms with E-state index in [-0.39, 0.29) is 5.69 Å². The molecule has 4 nitrogen and oxygen atoms in total. The van der Waals surface area contributed by atoms with E-state index in [0.717, 1.165) is 18.9 Å². The number of pyridine rings is 1. The molecule has 6 heteroatoms. The van der Waals surface area contributed by atoms with Gasteiger partial charge in [0.15, 0.2) is 0 Å². The van der Waals surface area contributed by atoms with Crippen molar-refractivity contribution < 1.29 is 18.7 Å². The summed E-state index contributed by atoms with van der Waals surface area (Å²) in [4.78, 5) is 14.7. The van der Waals surface area contributed by atoms with E-state index in [4.69, 9.17) is 5.11 Å². The van der Waals surface area contributed by atoms with E-state index in [2.05, 4.69) is 10.3 Å². The lowest BCUT2D eigenvalue weighted by molar-refractivity contribution is 0.0367. The summed E-state index contributed by atoms with van der Waals surface area (Å²) < 4.78 is 25.8. The maximum absolute atomic E-state index is 12.9. The van der Waals surface area contributed by atoms with Crippen LogP contribution in [0.15, 0.2) is 17.8 Å². The molecule has 0 aliphatic carbocycles. The normalized spacial score (nSPS) is 12.3. The molecule has 0 aliphatic heterocycles. The SMILES string of the molecule is CC/C(C)=C/c1cnc(C(=O)O)cc1NCC(C)(F)F. The monoisotopic (exact) mass is 284 g/mol. The van der Waals surface area contributed by atoms with Crippen molar-refractivity contribution in [3.8, 4) is 0 Å². The van der Waals surface area contributed by atoms with E-state index in [9.17, 15) is 13.6 Å². The van der Waals surface area contributed by atoms with Crippen LogP contribution in [0.4, 0.5) is 14.5 Å². The van der Waals surface area contributed by atoms with Crippen molar-refractivity contribution in [2.24, 2.45) is 0 Å². The summed E-state index contributed by atoms with van der Waals surface area (Å²) in [5.41, 5.74) is 1.80. The van der Waals surface area contributed by atoms with Gasteiger partial charge in [-0.2, -0.15) is 0 Å². The molecule has 0 spiro atoms. The molecule has 1 aromatic rings. The van der Waals surface area contributed by atoms with Gasteiger partial charge >= 0.3 is 5.97 Å². The number of carboxylic acids is 1. The standard InChI is InChI=1S/C14H18F2N2O2/c1-4-9(2)5-10-7-17-12(13(19)20)6-11(10)18-8-14(3,15)16/h5-7H,4,8H2,1-3H3,(H,17,18)(H,19,20)/b9-5+. The lowest BCUT2D eigenvalue weighted by Crippen LogP contribution is -2.23. The topological polar surface area (TPSA) is 62.2 Å². The third kappa shape index (κ3) is 4.95. The van der Waals surface area contributed by atoms with Crippen LogP contribution in [0.5, 0.6) is 0 Å². The highest BCUT2D eigenvalue weighted by molar-refractivity contribution is 5.87. The molecule has 0 fully saturated rings. The minimum absolute atomic E-state index is 0.182. The Morgan fingerprint density at radius 1 is 1.55 bits per heavy atom. The zero-order valence-corrected chi connectivity index (χ0v) is 11.7. The number of carboxylic acid groups (broad SMARTS) is 1. The molecule has 0 amide bonds. The molecular weight excluding hydrogens is 266 g/mol. The third-order valence-corrected chi connectivity index (χ3v) is 2.70. The second-order valence-corrected chi connectivity index (χ2v) is 4.73. The summed E-state index contributed by atoms with van der Waals surface area (Å²) >= 11 is 0. The zero-order valence-electron chi connectivity index (χ0n) is 11.7. The van der Waals surface area contributed by atoms with Crippen molar-refractivity contribution >= 4 is 17.7 Å². The first-order chi connectivity index (χ1) is 9.23. The van der Waals surface area contributed by atoms with Crippen LogP contribution in [0.3, 0.4) is 0 Å². The van der Waals surface area contributed by atoms with Gasteiger partial charge in [0.05, 0.1) is 6.54 Å². The molecule has 110 valence electrons. The first-order valence-corrected chi connectivity index (χ1v) is 6.25. The third-order valence-electron chi connectivity index (χ3n) is 2.70. The predicted octanol–water partition coefficient (Wildman–Crippen LogP) is 3.66. The number of rotatable bonds is 6. The van der Waals surface area contributed by atoms with Gasteiger partial charge in [-0.3, -0.25) is 0 Å². The zero-order chi connectivity index (χ0) is 15.3. The molecule has 0 bridgehead atoms. The van der Waals surface area contributed by atoms with Crippen LogP contribution in [0.1, 0.15) is 43.2 Å². The molecule has 0 radical (unpaired) electrons. The quantitative estimate of drug-likeness (QED) is 0.836. The first kappa shape index (κ1) is 16.1. The van der Waals surface area contributed by atoms with Crippen LogP contribution < -0.4 is 5.32 Å². The summed E-state index contributed by atoms with van der Waals surface area (Å²) in [5, 5.41) is 11.5. The lowest BCUT2D eigenvalue weighted by Gasteiger charge is -2.15. The van der Waals surface area contributed by atoms with Crippen LogP contribution in [0.25, 0.3) is 6.08 Å². The second kappa shape index (κ2) is 6.45. The summed E-state index contributed by atoms with van der Waals surface area (Å²) in [6, 6.07) is 1.27. The first-order valence-electron chi connectivity index (χ1n) is 6.25. The molecule has 1 heterocycles. The smallest absolute Gasteiger partial charge is 0.354 e. The van der Waals surface area contributed by atoms with Crippen LogP contribution in [0.2, 0.25) is 0 Å². The molecular formula is C14H18F2N2O2. The summed E-state index contributed by atoms with van der Waals surface area (Å²) in [7, 11) is 0. The molecule has 20 heavy (non-hydrogen) atoms. The number of hydrogen-bond acceptors (Lipinski definition) is 3. The van der Waals surface area contributed by atoms with E-state index in [1.165, 1.54) is 12.3 Å². The van der Waals surface area contributed by atoms with Gasteiger partial charge in [-0.15, -0.1) is 0 Å². The average molecular weight is 284 g/mol. The van der Waals surface area contributed by atoms with Gasteiger partial charge in [0, 0.05) is 24.4 Å². The van der Waals surface area contributed by atoms with Crippen molar-refractivity contribution in [1.29, 1.82) is 0 Å². The predicted molar refractivity (Wildman–Crippen MR) is 74.2 cm³/mol. The molecule has 0 atom stereocenters. The van der Waals surface area contributed by atoms with Crippen LogP contribution >= 0.6 is 0 Å². The van der Waals surface area contributed by atoms with Crippen molar-refractivity contribution in [3.63, 3.8) is 0 Å². The number of aromatic nitrogens is 1. The Morgan fingerprint density at radius 2 is 2.20 bits per heavy atom. The number of allylic oxidation sites excluding steroid dienone is 1. The molecule has 0 unspecified atom stereocenters. The Hall–Kier alpha value is -1.98. The number of aromatic carboxylic acids is 1. The molecule has 0 saturated heterocycles. The van der Waals surface area contributed by atoms with E-state index < -0.39 is 18.4 Å². The molecule has 0 aromatic carbocycles. The minimum Gasteiger partial charge on any atom is -0.477 e. The Morgan fingerprint density at radius 3 is 2.70 bits per heavy atom. The van der Waals surface area contributed by atoms with Gasteiger partial charge < -0.3 is 10.4 Å². The molecule has 0 aliphatic rings. The maximum atomic E-state index is 12.9. The van der Waals surface area contributed by atoms with Crippen LogP contribution in [-0.2, 0) is 0 Å². The minimum atomic E-state index is -2.88. The van der Waals surface area contributed by atoms with Crippen molar-refractivity contribution in [3.05, 3.63) is 29.1 Å². The van der Waals surface area contributed by atoms with Gasteiger partial charge in [-0.25, -0.2) is 18.6 Å². The largest absolute Gasteiger partial charge is 0.477 e.